The van der Waals surface area contributed by atoms with Crippen molar-refractivity contribution in [2.75, 3.05) is 18.8 Å². The number of nitrogen functional groups attached to an aromatic ring is 1. The second-order valence-corrected chi connectivity index (χ2v) is 7.25. The summed E-state index contributed by atoms with van der Waals surface area (Å²) < 4.78 is 0. The van der Waals surface area contributed by atoms with Crippen LogP contribution in [0.5, 0.6) is 0 Å². The molecule has 1 aliphatic heterocycles. The topological polar surface area (TPSA) is 97.0 Å². The van der Waals surface area contributed by atoms with Gasteiger partial charge < -0.3 is 16.0 Å². The number of hydrogen-bond acceptors (Lipinski definition) is 7. The third kappa shape index (κ3) is 4.52. The van der Waals surface area contributed by atoms with Crippen LogP contribution in [0.1, 0.15) is 46.7 Å². The van der Waals surface area contributed by atoms with E-state index >= 15 is 0 Å². The predicted molar refractivity (Wildman–Crippen MR) is 98.3 cm³/mol. The summed E-state index contributed by atoms with van der Waals surface area (Å²) in [6, 6.07) is 1.82. The minimum Gasteiger partial charge on any atom is -0.384 e. The summed E-state index contributed by atoms with van der Waals surface area (Å²) in [5.74, 6) is 1.01. The molecule has 1 saturated heterocycles. The lowest BCUT2D eigenvalue weighted by atomic mass is 10.1. The molecule has 1 atom stereocenters. The van der Waals surface area contributed by atoms with Crippen molar-refractivity contribution in [2.24, 2.45) is 0 Å². The van der Waals surface area contributed by atoms with Crippen LogP contribution in [0.2, 0.25) is 0 Å². The van der Waals surface area contributed by atoms with Crippen LogP contribution >= 0.6 is 11.3 Å². The monoisotopic (exact) mass is 360 g/mol. The van der Waals surface area contributed by atoms with E-state index in [-0.39, 0.29) is 11.9 Å². The van der Waals surface area contributed by atoms with Gasteiger partial charge in [0.2, 0.25) is 0 Å². The first-order valence-corrected chi connectivity index (χ1v) is 9.52. The lowest BCUT2D eigenvalue weighted by Gasteiger charge is -2.30. The molecule has 0 saturated carbocycles. The molecule has 1 aliphatic rings. The van der Waals surface area contributed by atoms with E-state index in [1.54, 1.807) is 18.5 Å². The van der Waals surface area contributed by atoms with Gasteiger partial charge in [0.05, 0.1) is 17.7 Å². The second-order valence-electron chi connectivity index (χ2n) is 6.14. The van der Waals surface area contributed by atoms with E-state index in [0.29, 0.717) is 23.1 Å². The molecule has 134 valence electrons. The minimum atomic E-state index is 0.00937. The van der Waals surface area contributed by atoms with E-state index in [2.05, 4.69) is 20.3 Å². The highest BCUT2D eigenvalue weighted by molar-refractivity contribution is 7.13. The molecular weight excluding hydrogens is 336 g/mol. The molecule has 0 radical (unpaired) electrons. The predicted octanol–water partition coefficient (Wildman–Crippen LogP) is 1.86. The Hall–Kier alpha value is -2.06. The molecule has 0 unspecified atom stereocenters. The van der Waals surface area contributed by atoms with E-state index in [4.69, 9.17) is 5.73 Å². The number of nitrogens with zero attached hydrogens (tertiary/aromatic N) is 4. The second kappa shape index (κ2) is 8.35. The van der Waals surface area contributed by atoms with Gasteiger partial charge in [-0.3, -0.25) is 4.79 Å². The standard InChI is InChI=1S/C17H24N6OS/c1-2-16-21-10-13(25-16)17(24)23(12-4-3-7-19-8-5-12)11-15-20-9-6-14(18)22-15/h6,9-10,12,19H,2-5,7-8,11H2,1H3,(H2,18,20,22)/t12-/m1/s1. The van der Waals surface area contributed by atoms with E-state index in [1.807, 2.05) is 11.8 Å². The maximum absolute atomic E-state index is 13.2. The molecule has 0 aliphatic carbocycles. The third-order valence-corrected chi connectivity index (χ3v) is 5.48. The summed E-state index contributed by atoms with van der Waals surface area (Å²) in [6.45, 7) is 4.32. The van der Waals surface area contributed by atoms with Crippen LogP contribution in [-0.2, 0) is 13.0 Å². The number of nitrogens with two attached hydrogens (primary N) is 1. The van der Waals surface area contributed by atoms with Gasteiger partial charge in [0.25, 0.3) is 5.91 Å². The zero-order valence-electron chi connectivity index (χ0n) is 14.4. The average Bonchev–Trinajstić information content (AvgIpc) is 2.94. The highest BCUT2D eigenvalue weighted by Gasteiger charge is 2.27. The van der Waals surface area contributed by atoms with Crippen molar-refractivity contribution in [1.82, 2.24) is 25.2 Å². The van der Waals surface area contributed by atoms with Crippen molar-refractivity contribution >= 4 is 23.1 Å². The molecule has 7 nitrogen and oxygen atoms in total. The highest BCUT2D eigenvalue weighted by atomic mass is 32.1. The molecule has 3 rings (SSSR count). The van der Waals surface area contributed by atoms with E-state index < -0.39 is 0 Å². The summed E-state index contributed by atoms with van der Waals surface area (Å²) >= 11 is 1.47. The first-order valence-electron chi connectivity index (χ1n) is 8.71. The fourth-order valence-electron chi connectivity index (χ4n) is 3.04. The Kier molecular flexibility index (Phi) is 5.93. The largest absolute Gasteiger partial charge is 0.384 e. The van der Waals surface area contributed by atoms with Crippen LogP contribution < -0.4 is 11.1 Å². The number of amides is 1. The molecule has 25 heavy (non-hydrogen) atoms. The number of aromatic nitrogens is 3. The number of hydrogen-bond donors (Lipinski definition) is 2. The van der Waals surface area contributed by atoms with Crippen molar-refractivity contribution in [2.45, 2.75) is 45.2 Å². The SMILES string of the molecule is CCc1ncc(C(=O)N(Cc2nccc(N)n2)[C@@H]2CCCNCC2)s1. The number of thiazole rings is 1. The number of aryl methyl sites for hydroxylation is 1. The van der Waals surface area contributed by atoms with Crippen molar-refractivity contribution in [3.8, 4) is 0 Å². The third-order valence-electron chi connectivity index (χ3n) is 4.35. The zero-order valence-corrected chi connectivity index (χ0v) is 15.3. The minimum absolute atomic E-state index is 0.00937. The fraction of sp³-hybridized carbons (Fsp3) is 0.529. The Morgan fingerprint density at radius 3 is 3.04 bits per heavy atom. The van der Waals surface area contributed by atoms with Gasteiger partial charge in [-0.05, 0) is 44.8 Å². The fourth-order valence-corrected chi connectivity index (χ4v) is 3.85. The maximum atomic E-state index is 13.2. The molecule has 2 aromatic heterocycles. The van der Waals surface area contributed by atoms with Gasteiger partial charge in [0, 0.05) is 12.2 Å². The normalized spacial score (nSPS) is 17.9. The van der Waals surface area contributed by atoms with Gasteiger partial charge in [-0.1, -0.05) is 6.92 Å². The van der Waals surface area contributed by atoms with E-state index in [0.717, 1.165) is 43.8 Å². The van der Waals surface area contributed by atoms with Crippen LogP contribution in [0.4, 0.5) is 5.82 Å². The smallest absolute Gasteiger partial charge is 0.266 e. The molecule has 3 heterocycles. The first-order chi connectivity index (χ1) is 12.2. The summed E-state index contributed by atoms with van der Waals surface area (Å²) in [4.78, 5) is 28.6. The molecule has 0 bridgehead atoms. The van der Waals surface area contributed by atoms with Crippen LogP contribution in [-0.4, -0.2) is 44.9 Å². The number of nitrogens with one attached hydrogen (secondary N) is 1. The number of carbonyl (C=O) groups is 1. The zero-order chi connectivity index (χ0) is 17.6. The maximum Gasteiger partial charge on any atom is 0.266 e. The molecular formula is C17H24N6OS. The number of rotatable bonds is 5. The van der Waals surface area contributed by atoms with Crippen molar-refractivity contribution in [1.29, 1.82) is 0 Å². The van der Waals surface area contributed by atoms with Crippen LogP contribution in [0.15, 0.2) is 18.5 Å². The molecule has 3 N–H and O–H groups in total. The van der Waals surface area contributed by atoms with Crippen LogP contribution in [0.25, 0.3) is 0 Å². The van der Waals surface area contributed by atoms with Gasteiger partial charge in [-0.2, -0.15) is 0 Å². The van der Waals surface area contributed by atoms with Crippen LogP contribution in [0.3, 0.4) is 0 Å². The van der Waals surface area contributed by atoms with Crippen molar-refractivity contribution in [3.05, 3.63) is 34.2 Å². The molecule has 0 aromatic carbocycles. The molecule has 8 heteroatoms. The van der Waals surface area contributed by atoms with Crippen molar-refractivity contribution < 1.29 is 4.79 Å². The first kappa shape index (κ1) is 17.8. The van der Waals surface area contributed by atoms with Crippen molar-refractivity contribution in [3.63, 3.8) is 0 Å². The molecule has 2 aromatic rings. The molecule has 1 amide bonds. The Labute approximate surface area is 151 Å². The summed E-state index contributed by atoms with van der Waals surface area (Å²) in [6.07, 6.45) is 7.11. The quantitative estimate of drug-likeness (QED) is 0.845. The Bertz CT molecular complexity index is 711. The average molecular weight is 360 g/mol. The molecule has 0 spiro atoms. The Balaban J connectivity index is 1.85. The highest BCUT2D eigenvalue weighted by Crippen LogP contribution is 2.22. The van der Waals surface area contributed by atoms with E-state index in [9.17, 15) is 4.79 Å². The van der Waals surface area contributed by atoms with Gasteiger partial charge >= 0.3 is 0 Å². The van der Waals surface area contributed by atoms with Gasteiger partial charge in [0.1, 0.15) is 16.5 Å². The lowest BCUT2D eigenvalue weighted by molar-refractivity contribution is 0.0644. The lowest BCUT2D eigenvalue weighted by Crippen LogP contribution is -2.40. The Morgan fingerprint density at radius 1 is 1.40 bits per heavy atom. The number of carbonyl (C=O) groups excluding carboxylic acids is 1. The van der Waals surface area contributed by atoms with Gasteiger partial charge in [-0.15, -0.1) is 11.3 Å². The Morgan fingerprint density at radius 2 is 2.28 bits per heavy atom. The summed E-state index contributed by atoms with van der Waals surface area (Å²) in [5, 5.41) is 4.38. The number of anilines is 1. The van der Waals surface area contributed by atoms with E-state index in [1.165, 1.54) is 11.3 Å². The summed E-state index contributed by atoms with van der Waals surface area (Å²) in [5.41, 5.74) is 5.77. The molecule has 1 fully saturated rings. The summed E-state index contributed by atoms with van der Waals surface area (Å²) in [7, 11) is 0. The van der Waals surface area contributed by atoms with Gasteiger partial charge in [-0.25, -0.2) is 15.0 Å². The van der Waals surface area contributed by atoms with Gasteiger partial charge in [0.15, 0.2) is 0 Å². The van der Waals surface area contributed by atoms with Crippen LogP contribution in [0, 0.1) is 0 Å².